The zero-order valence-corrected chi connectivity index (χ0v) is 28.5. The predicted octanol–water partition coefficient (Wildman–Crippen LogP) is 7.87. The molecular formula is C36H52N2NiO2. The van der Waals surface area contributed by atoms with Crippen molar-refractivity contribution < 1.29 is 26.7 Å². The van der Waals surface area contributed by atoms with Crippen molar-refractivity contribution >= 4 is 12.4 Å². The van der Waals surface area contributed by atoms with Crippen LogP contribution >= 0.6 is 0 Å². The van der Waals surface area contributed by atoms with Gasteiger partial charge in [-0.25, -0.2) is 0 Å². The van der Waals surface area contributed by atoms with E-state index in [9.17, 15) is 10.2 Å². The Labute approximate surface area is 260 Å². The van der Waals surface area contributed by atoms with Crippen LogP contribution in [0.2, 0.25) is 0 Å². The van der Waals surface area contributed by atoms with Crippen molar-refractivity contribution in [1.82, 2.24) is 0 Å². The molecule has 1 aliphatic carbocycles. The molecule has 1 saturated carbocycles. The zero-order chi connectivity index (χ0) is 30.3. The smallest absolute Gasteiger partial charge is 0.872 e. The molecule has 0 radical (unpaired) electrons. The first-order valence-corrected chi connectivity index (χ1v) is 15.0. The second kappa shape index (κ2) is 12.6. The van der Waals surface area contributed by atoms with E-state index >= 15 is 0 Å². The fraction of sp³-hybridized carbons (Fsp3) is 0.611. The first-order valence-electron chi connectivity index (χ1n) is 15.0. The second-order valence-corrected chi connectivity index (χ2v) is 15.9. The molecule has 2 aromatic rings. The van der Waals surface area contributed by atoms with Gasteiger partial charge in [0.15, 0.2) is 0 Å². The molecule has 0 saturated heterocycles. The van der Waals surface area contributed by atoms with Crippen molar-refractivity contribution in [2.75, 3.05) is 0 Å². The molecule has 0 aliphatic heterocycles. The third-order valence-electron chi connectivity index (χ3n) is 8.09. The van der Waals surface area contributed by atoms with Gasteiger partial charge in [-0.2, -0.15) is 0 Å². The fourth-order valence-electron chi connectivity index (χ4n) is 5.27. The average Bonchev–Trinajstić information content (AvgIpc) is 2.80. The number of hydrogen-bond acceptors (Lipinski definition) is 4. The van der Waals surface area contributed by atoms with Crippen molar-refractivity contribution in [3.8, 4) is 11.5 Å². The molecule has 2 aromatic carbocycles. The topological polar surface area (TPSA) is 70.8 Å². The Morgan fingerprint density at radius 1 is 0.561 bits per heavy atom. The van der Waals surface area contributed by atoms with E-state index in [1.165, 1.54) is 0 Å². The summed E-state index contributed by atoms with van der Waals surface area (Å²) in [6.45, 7) is 25.6. The minimum Gasteiger partial charge on any atom is -0.872 e. The minimum absolute atomic E-state index is 0. The Hall–Kier alpha value is -2.13. The molecule has 1 aliphatic rings. The van der Waals surface area contributed by atoms with Crippen molar-refractivity contribution in [3.05, 3.63) is 57.6 Å². The SMILES string of the molecule is CC(C)(C)c1cc(C=N[C@@H]2CCCC[C@H]2N=Cc2cc(C(C)(C)C)cc(C(C)(C)C)c2[O-])c([O-])c(C(C)(C)C)c1.[Ni+2]. The molecule has 0 aromatic heterocycles. The van der Waals surface area contributed by atoms with Crippen LogP contribution in [0.4, 0.5) is 0 Å². The van der Waals surface area contributed by atoms with Gasteiger partial charge < -0.3 is 10.2 Å². The summed E-state index contributed by atoms with van der Waals surface area (Å²) in [6, 6.07) is 8.15. The molecule has 0 heterocycles. The van der Waals surface area contributed by atoms with Gasteiger partial charge >= 0.3 is 16.5 Å². The fourth-order valence-corrected chi connectivity index (χ4v) is 5.27. The van der Waals surface area contributed by atoms with Crippen LogP contribution in [0.15, 0.2) is 34.3 Å². The maximum absolute atomic E-state index is 13.5. The summed E-state index contributed by atoms with van der Waals surface area (Å²) in [5.41, 5.74) is 4.62. The van der Waals surface area contributed by atoms with Crippen LogP contribution in [0.3, 0.4) is 0 Å². The van der Waals surface area contributed by atoms with Crippen LogP contribution in [-0.2, 0) is 38.2 Å². The van der Waals surface area contributed by atoms with E-state index < -0.39 is 0 Å². The van der Waals surface area contributed by atoms with Gasteiger partial charge in [0, 0.05) is 12.4 Å². The van der Waals surface area contributed by atoms with Crippen molar-refractivity contribution in [1.29, 1.82) is 0 Å². The van der Waals surface area contributed by atoms with Crippen LogP contribution in [0.25, 0.3) is 0 Å². The zero-order valence-electron chi connectivity index (χ0n) is 27.5. The molecule has 0 spiro atoms. The van der Waals surface area contributed by atoms with Crippen LogP contribution in [0.5, 0.6) is 11.5 Å². The summed E-state index contributed by atoms with van der Waals surface area (Å²) in [5, 5.41) is 26.9. The Kier molecular flexibility index (Phi) is 10.8. The number of benzene rings is 2. The van der Waals surface area contributed by atoms with Gasteiger partial charge in [0.2, 0.25) is 0 Å². The summed E-state index contributed by atoms with van der Waals surface area (Å²) in [7, 11) is 0. The Bertz CT molecular complexity index is 1170. The first kappa shape index (κ1) is 35.1. The summed E-state index contributed by atoms with van der Waals surface area (Å²) in [5.74, 6) is 0.120. The van der Waals surface area contributed by atoms with Crippen LogP contribution in [0, 0.1) is 0 Å². The summed E-state index contributed by atoms with van der Waals surface area (Å²) >= 11 is 0. The number of rotatable bonds is 4. The average molecular weight is 604 g/mol. The van der Waals surface area contributed by atoms with Crippen molar-refractivity contribution in [2.24, 2.45) is 9.98 Å². The quantitative estimate of drug-likeness (QED) is 0.264. The molecule has 3 rings (SSSR count). The largest absolute Gasteiger partial charge is 2.00 e. The van der Waals surface area contributed by atoms with Crippen LogP contribution < -0.4 is 10.2 Å². The van der Waals surface area contributed by atoms with Gasteiger partial charge in [-0.15, -0.1) is 0 Å². The molecule has 0 N–H and O–H groups in total. The maximum Gasteiger partial charge on any atom is 2.00 e. The van der Waals surface area contributed by atoms with Gasteiger partial charge in [-0.3, -0.25) is 9.98 Å². The van der Waals surface area contributed by atoms with E-state index in [2.05, 4.69) is 95.2 Å². The molecule has 41 heavy (non-hydrogen) atoms. The monoisotopic (exact) mass is 602 g/mol. The van der Waals surface area contributed by atoms with E-state index in [1.807, 2.05) is 12.1 Å². The third kappa shape index (κ3) is 8.69. The van der Waals surface area contributed by atoms with E-state index in [1.54, 1.807) is 12.4 Å². The second-order valence-electron chi connectivity index (χ2n) is 15.9. The molecular weight excluding hydrogens is 551 g/mol. The molecule has 0 amide bonds. The first-order chi connectivity index (χ1) is 18.2. The van der Waals surface area contributed by atoms with Crippen molar-refractivity contribution in [2.45, 2.75) is 143 Å². The Morgan fingerprint density at radius 2 is 0.878 bits per heavy atom. The van der Waals surface area contributed by atoms with Gasteiger partial charge in [-0.1, -0.05) is 132 Å². The van der Waals surface area contributed by atoms with Gasteiger partial charge in [-0.05, 0) is 67.9 Å². The molecule has 0 unspecified atom stereocenters. The Morgan fingerprint density at radius 3 is 1.15 bits per heavy atom. The van der Waals surface area contributed by atoms with Gasteiger partial charge in [0.25, 0.3) is 0 Å². The minimum atomic E-state index is -0.248. The van der Waals surface area contributed by atoms with E-state index in [0.717, 1.165) is 47.9 Å². The summed E-state index contributed by atoms with van der Waals surface area (Å²) in [4.78, 5) is 9.95. The number of hydrogen-bond donors (Lipinski definition) is 0. The third-order valence-corrected chi connectivity index (χ3v) is 8.09. The molecule has 2 atom stereocenters. The van der Waals surface area contributed by atoms with E-state index in [-0.39, 0.29) is 61.7 Å². The summed E-state index contributed by atoms with van der Waals surface area (Å²) < 4.78 is 0. The molecule has 4 nitrogen and oxygen atoms in total. The normalized spacial score (nSPS) is 19.1. The van der Waals surface area contributed by atoms with E-state index in [4.69, 9.17) is 9.98 Å². The molecule has 5 heteroatoms. The standard InChI is InChI=1S/C36H54N2O2.Ni/c1-33(2,3)25-17-23(31(39)27(19-25)35(7,8)9)21-37-29-15-13-14-16-30(29)38-22-24-18-26(34(4,5)6)20-28(32(24)40)36(10,11)12;/h17-22,29-30,39-40H,13-16H2,1-12H3;/q;+2/p-2/t29-,30-;/m1./s1. The summed E-state index contributed by atoms with van der Waals surface area (Å²) in [6.07, 6.45) is 7.63. The predicted molar refractivity (Wildman–Crippen MR) is 168 cm³/mol. The van der Waals surface area contributed by atoms with Gasteiger partial charge in [0.1, 0.15) is 0 Å². The van der Waals surface area contributed by atoms with Crippen LogP contribution in [0.1, 0.15) is 142 Å². The van der Waals surface area contributed by atoms with E-state index in [0.29, 0.717) is 11.1 Å². The van der Waals surface area contributed by atoms with Crippen LogP contribution in [-0.4, -0.2) is 24.5 Å². The molecule has 1 fully saturated rings. The maximum atomic E-state index is 13.5. The molecule has 228 valence electrons. The Balaban J connectivity index is 0.00000588. The number of aliphatic imine (C=N–C) groups is 2. The molecule has 0 bridgehead atoms. The number of nitrogens with zero attached hydrogens (tertiary/aromatic N) is 2. The van der Waals surface area contributed by atoms with Gasteiger partial charge in [0.05, 0.1) is 12.1 Å². The van der Waals surface area contributed by atoms with Crippen molar-refractivity contribution in [3.63, 3.8) is 0 Å².